The van der Waals surface area contributed by atoms with E-state index >= 15 is 0 Å². The van der Waals surface area contributed by atoms with Crippen LogP contribution < -0.4 is 5.73 Å². The molecule has 0 bridgehead atoms. The van der Waals surface area contributed by atoms with Gasteiger partial charge in [0.05, 0.1) is 11.3 Å². The number of benzene rings is 1. The number of halogens is 1. The molecular weight excluding hydrogens is 245 g/mol. The van der Waals surface area contributed by atoms with Gasteiger partial charge in [0.1, 0.15) is 5.82 Å². The Hall–Kier alpha value is -2.17. The smallest absolute Gasteiger partial charge is 0.198 e. The number of carbonyl (C=O) groups excluding carboxylic acids is 1. The Balaban J connectivity index is 2.50. The molecule has 0 unspecified atom stereocenters. The first-order valence-electron chi connectivity index (χ1n) is 5.95. The molecule has 1 heterocycles. The van der Waals surface area contributed by atoms with Gasteiger partial charge in [0, 0.05) is 11.0 Å². The van der Waals surface area contributed by atoms with E-state index < -0.39 is 0 Å². The van der Waals surface area contributed by atoms with Gasteiger partial charge < -0.3 is 5.73 Å². The normalized spacial score (nSPS) is 11.6. The van der Waals surface area contributed by atoms with Crippen LogP contribution in [0.4, 0.5) is 10.2 Å². The summed E-state index contributed by atoms with van der Waals surface area (Å²) in [6.07, 6.45) is 0. The minimum absolute atomic E-state index is 0.166. The number of aromatic nitrogens is 2. The highest BCUT2D eigenvalue weighted by molar-refractivity contribution is 6.12. The molecule has 0 aliphatic carbocycles. The molecule has 0 atom stereocenters. The maximum atomic E-state index is 12.9. The fraction of sp³-hybridized carbons (Fsp3) is 0.286. The van der Waals surface area contributed by atoms with E-state index in [1.54, 1.807) is 0 Å². The number of nitrogen functional groups attached to an aromatic ring is 1. The van der Waals surface area contributed by atoms with Gasteiger partial charge in [-0.3, -0.25) is 9.89 Å². The lowest BCUT2D eigenvalue weighted by Crippen LogP contribution is -2.17. The van der Waals surface area contributed by atoms with E-state index in [-0.39, 0.29) is 22.8 Å². The van der Waals surface area contributed by atoms with Crippen molar-refractivity contribution in [2.24, 2.45) is 0 Å². The summed E-state index contributed by atoms with van der Waals surface area (Å²) in [5, 5.41) is 6.71. The van der Waals surface area contributed by atoms with Crippen LogP contribution in [-0.4, -0.2) is 16.0 Å². The van der Waals surface area contributed by atoms with Crippen molar-refractivity contribution in [3.05, 3.63) is 46.9 Å². The van der Waals surface area contributed by atoms with Gasteiger partial charge in [-0.05, 0) is 24.3 Å². The van der Waals surface area contributed by atoms with Crippen LogP contribution in [0.3, 0.4) is 0 Å². The molecule has 19 heavy (non-hydrogen) atoms. The molecule has 0 radical (unpaired) electrons. The van der Waals surface area contributed by atoms with Crippen molar-refractivity contribution in [2.45, 2.75) is 26.2 Å². The van der Waals surface area contributed by atoms with E-state index in [0.29, 0.717) is 16.8 Å². The summed E-state index contributed by atoms with van der Waals surface area (Å²) in [5.41, 5.74) is 6.92. The summed E-state index contributed by atoms with van der Waals surface area (Å²) >= 11 is 0. The number of aromatic amines is 1. The van der Waals surface area contributed by atoms with Crippen molar-refractivity contribution >= 4 is 11.6 Å². The number of carbonyl (C=O) groups is 1. The molecule has 3 N–H and O–H groups in total. The van der Waals surface area contributed by atoms with Gasteiger partial charge in [0.15, 0.2) is 11.6 Å². The second-order valence-corrected chi connectivity index (χ2v) is 5.44. The Morgan fingerprint density at radius 2 is 1.84 bits per heavy atom. The zero-order valence-corrected chi connectivity index (χ0v) is 11.1. The van der Waals surface area contributed by atoms with Gasteiger partial charge in [0.2, 0.25) is 0 Å². The van der Waals surface area contributed by atoms with E-state index in [9.17, 15) is 9.18 Å². The average molecular weight is 261 g/mol. The highest BCUT2D eigenvalue weighted by Crippen LogP contribution is 2.28. The van der Waals surface area contributed by atoms with Crippen molar-refractivity contribution < 1.29 is 9.18 Å². The molecule has 100 valence electrons. The topological polar surface area (TPSA) is 71.8 Å². The summed E-state index contributed by atoms with van der Waals surface area (Å²) in [6, 6.07) is 5.38. The summed E-state index contributed by atoms with van der Waals surface area (Å²) in [6.45, 7) is 5.88. The Morgan fingerprint density at radius 3 is 2.37 bits per heavy atom. The first kappa shape index (κ1) is 13.3. The van der Waals surface area contributed by atoms with Crippen LogP contribution in [0, 0.1) is 5.82 Å². The molecule has 1 aromatic carbocycles. The van der Waals surface area contributed by atoms with Crippen molar-refractivity contribution in [3.63, 3.8) is 0 Å². The predicted molar refractivity (Wildman–Crippen MR) is 71.5 cm³/mol. The lowest BCUT2D eigenvalue weighted by atomic mass is 9.87. The molecule has 5 heteroatoms. The highest BCUT2D eigenvalue weighted by atomic mass is 19.1. The molecule has 4 nitrogen and oxygen atoms in total. The number of H-pyrrole nitrogens is 1. The monoisotopic (exact) mass is 261 g/mol. The van der Waals surface area contributed by atoms with Crippen LogP contribution in [0.15, 0.2) is 24.3 Å². The third kappa shape index (κ3) is 2.50. The zero-order chi connectivity index (χ0) is 14.2. The van der Waals surface area contributed by atoms with E-state index in [0.717, 1.165) is 0 Å². The number of nitrogens with one attached hydrogen (secondary N) is 1. The van der Waals surface area contributed by atoms with Crippen molar-refractivity contribution in [2.75, 3.05) is 5.73 Å². The van der Waals surface area contributed by atoms with Crippen LogP contribution in [0.25, 0.3) is 0 Å². The third-order valence-electron chi connectivity index (χ3n) is 2.88. The number of nitrogens with zero attached hydrogens (tertiary/aromatic N) is 1. The van der Waals surface area contributed by atoms with Gasteiger partial charge in [-0.25, -0.2) is 4.39 Å². The van der Waals surface area contributed by atoms with E-state index in [2.05, 4.69) is 10.2 Å². The van der Waals surface area contributed by atoms with Crippen molar-refractivity contribution in [3.8, 4) is 0 Å². The standard InChI is InChI=1S/C14H16FN3O/c1-14(2,3)12-10(13(16)18-17-12)11(19)8-4-6-9(15)7-5-8/h4-7H,1-3H3,(H3,16,17,18). The molecular formula is C14H16FN3O. The largest absolute Gasteiger partial charge is 0.382 e. The van der Waals surface area contributed by atoms with Crippen LogP contribution >= 0.6 is 0 Å². The zero-order valence-electron chi connectivity index (χ0n) is 11.1. The first-order chi connectivity index (χ1) is 8.80. The lowest BCUT2D eigenvalue weighted by molar-refractivity contribution is 0.103. The second kappa shape index (κ2) is 4.50. The Kier molecular flexibility index (Phi) is 3.14. The molecule has 0 aliphatic heterocycles. The van der Waals surface area contributed by atoms with Gasteiger partial charge >= 0.3 is 0 Å². The van der Waals surface area contributed by atoms with Crippen LogP contribution in [0.5, 0.6) is 0 Å². The SMILES string of the molecule is CC(C)(C)c1[nH]nc(N)c1C(=O)c1ccc(F)cc1. The molecule has 0 saturated heterocycles. The van der Waals surface area contributed by atoms with Crippen LogP contribution in [0.1, 0.15) is 42.4 Å². The van der Waals surface area contributed by atoms with Gasteiger partial charge in [-0.1, -0.05) is 20.8 Å². The van der Waals surface area contributed by atoms with E-state index in [1.165, 1.54) is 24.3 Å². The molecule has 0 fully saturated rings. The third-order valence-corrected chi connectivity index (χ3v) is 2.88. The quantitative estimate of drug-likeness (QED) is 0.816. The molecule has 0 aliphatic rings. The van der Waals surface area contributed by atoms with E-state index in [1.807, 2.05) is 20.8 Å². The first-order valence-corrected chi connectivity index (χ1v) is 5.95. The highest BCUT2D eigenvalue weighted by Gasteiger charge is 2.27. The Bertz CT molecular complexity index is 609. The minimum atomic E-state index is -0.382. The number of anilines is 1. The maximum Gasteiger partial charge on any atom is 0.198 e. The number of hydrogen-bond acceptors (Lipinski definition) is 3. The summed E-state index contributed by atoms with van der Waals surface area (Å²) < 4.78 is 12.9. The van der Waals surface area contributed by atoms with Gasteiger partial charge in [0.25, 0.3) is 0 Å². The lowest BCUT2D eigenvalue weighted by Gasteiger charge is -2.18. The Labute approximate surface area is 110 Å². The maximum absolute atomic E-state index is 12.9. The predicted octanol–water partition coefficient (Wildman–Crippen LogP) is 2.66. The van der Waals surface area contributed by atoms with Crippen LogP contribution in [0.2, 0.25) is 0 Å². The summed E-state index contributed by atoms with van der Waals surface area (Å²) in [5.74, 6) is -0.469. The molecule has 2 aromatic rings. The molecule has 0 spiro atoms. The molecule has 2 rings (SSSR count). The van der Waals surface area contributed by atoms with Gasteiger partial charge in [-0.2, -0.15) is 5.10 Å². The van der Waals surface area contributed by atoms with Crippen molar-refractivity contribution in [1.82, 2.24) is 10.2 Å². The summed E-state index contributed by atoms with van der Waals surface area (Å²) in [4.78, 5) is 12.4. The van der Waals surface area contributed by atoms with Crippen molar-refractivity contribution in [1.29, 1.82) is 0 Å². The molecule has 1 aromatic heterocycles. The summed E-state index contributed by atoms with van der Waals surface area (Å²) in [7, 11) is 0. The second-order valence-electron chi connectivity index (χ2n) is 5.44. The molecule has 0 saturated carbocycles. The minimum Gasteiger partial charge on any atom is -0.382 e. The number of nitrogens with two attached hydrogens (primary N) is 1. The van der Waals surface area contributed by atoms with Crippen LogP contribution in [-0.2, 0) is 5.41 Å². The number of ketones is 1. The fourth-order valence-corrected chi connectivity index (χ4v) is 1.87. The number of hydrogen-bond donors (Lipinski definition) is 2. The average Bonchev–Trinajstić information content (AvgIpc) is 2.71. The molecule has 0 amide bonds. The van der Waals surface area contributed by atoms with E-state index in [4.69, 9.17) is 5.73 Å². The number of rotatable bonds is 2. The van der Waals surface area contributed by atoms with Gasteiger partial charge in [-0.15, -0.1) is 0 Å². The fourth-order valence-electron chi connectivity index (χ4n) is 1.87. The Morgan fingerprint density at radius 1 is 1.26 bits per heavy atom.